The highest BCUT2D eigenvalue weighted by atomic mass is 16.5. The van der Waals surface area contributed by atoms with Crippen LogP contribution in [0.1, 0.15) is 38.7 Å². The molecule has 4 nitrogen and oxygen atoms in total. The van der Waals surface area contributed by atoms with E-state index >= 15 is 0 Å². The highest BCUT2D eigenvalue weighted by molar-refractivity contribution is 5.78. The number of nitrogens with zero attached hydrogens (tertiary/aromatic N) is 1. The molecule has 0 aliphatic carbocycles. The second kappa shape index (κ2) is 8.92. The Morgan fingerprint density at radius 1 is 1.22 bits per heavy atom. The first-order valence-corrected chi connectivity index (χ1v) is 8.72. The van der Waals surface area contributed by atoms with Gasteiger partial charge in [0.2, 0.25) is 5.91 Å². The van der Waals surface area contributed by atoms with Crippen LogP contribution in [0.4, 0.5) is 0 Å². The summed E-state index contributed by atoms with van der Waals surface area (Å²) >= 11 is 0. The number of carbonyl (C=O) groups is 1. The van der Waals surface area contributed by atoms with E-state index in [0.717, 1.165) is 24.3 Å². The van der Waals surface area contributed by atoms with Gasteiger partial charge in [-0.05, 0) is 56.0 Å². The van der Waals surface area contributed by atoms with Crippen LogP contribution in [0, 0.1) is 5.92 Å². The van der Waals surface area contributed by atoms with Crippen LogP contribution in [0.3, 0.4) is 0 Å². The summed E-state index contributed by atoms with van der Waals surface area (Å²) in [6, 6.07) is 8.16. The Balaban J connectivity index is 1.82. The van der Waals surface area contributed by atoms with E-state index in [0.29, 0.717) is 18.4 Å². The molecule has 1 fully saturated rings. The first kappa shape index (κ1) is 17.8. The molecule has 1 saturated heterocycles. The molecule has 1 heterocycles. The number of amides is 1. The van der Waals surface area contributed by atoms with Crippen LogP contribution in [0.2, 0.25) is 0 Å². The molecule has 0 bridgehead atoms. The van der Waals surface area contributed by atoms with Crippen LogP contribution in [-0.4, -0.2) is 43.6 Å². The molecular formula is C19H30N2O2. The van der Waals surface area contributed by atoms with Crippen molar-refractivity contribution in [1.29, 1.82) is 0 Å². The SMILES string of the molecule is COc1ccc(CC(=O)NCC(CC(C)C)N2CCCC2)cc1. The molecule has 0 spiro atoms. The number of hydrogen-bond acceptors (Lipinski definition) is 3. The van der Waals surface area contributed by atoms with Crippen molar-refractivity contribution in [2.75, 3.05) is 26.7 Å². The van der Waals surface area contributed by atoms with E-state index in [2.05, 4.69) is 24.1 Å². The van der Waals surface area contributed by atoms with Gasteiger partial charge in [-0.25, -0.2) is 0 Å². The predicted molar refractivity (Wildman–Crippen MR) is 93.8 cm³/mol. The third kappa shape index (κ3) is 5.87. The molecule has 0 aromatic heterocycles. The van der Waals surface area contributed by atoms with Crippen molar-refractivity contribution >= 4 is 5.91 Å². The van der Waals surface area contributed by atoms with Gasteiger partial charge in [0.15, 0.2) is 0 Å². The number of carbonyl (C=O) groups excluding carboxylic acids is 1. The molecule has 0 saturated carbocycles. The summed E-state index contributed by atoms with van der Waals surface area (Å²) in [6.07, 6.45) is 4.14. The minimum absolute atomic E-state index is 0.100. The summed E-state index contributed by atoms with van der Waals surface area (Å²) in [6.45, 7) is 7.61. The minimum atomic E-state index is 0.100. The van der Waals surface area contributed by atoms with Crippen molar-refractivity contribution in [2.24, 2.45) is 5.92 Å². The third-order valence-electron chi connectivity index (χ3n) is 4.46. The lowest BCUT2D eigenvalue weighted by Crippen LogP contribution is -2.43. The number of rotatable bonds is 8. The quantitative estimate of drug-likeness (QED) is 0.801. The molecule has 4 heteroatoms. The lowest BCUT2D eigenvalue weighted by molar-refractivity contribution is -0.120. The third-order valence-corrected chi connectivity index (χ3v) is 4.46. The summed E-state index contributed by atoms with van der Waals surface area (Å²) in [4.78, 5) is 14.7. The van der Waals surface area contributed by atoms with Crippen LogP contribution in [0.5, 0.6) is 5.75 Å². The van der Waals surface area contributed by atoms with Crippen LogP contribution in [0.15, 0.2) is 24.3 Å². The van der Waals surface area contributed by atoms with Crippen LogP contribution < -0.4 is 10.1 Å². The van der Waals surface area contributed by atoms with Crippen molar-refractivity contribution < 1.29 is 9.53 Å². The zero-order chi connectivity index (χ0) is 16.7. The maximum Gasteiger partial charge on any atom is 0.224 e. The fourth-order valence-electron chi connectivity index (χ4n) is 3.24. The van der Waals surface area contributed by atoms with Gasteiger partial charge in [0, 0.05) is 12.6 Å². The molecule has 1 aromatic rings. The Labute approximate surface area is 140 Å². The zero-order valence-corrected chi connectivity index (χ0v) is 14.7. The van der Waals surface area contributed by atoms with E-state index in [1.165, 1.54) is 25.9 Å². The maximum atomic E-state index is 12.2. The molecule has 23 heavy (non-hydrogen) atoms. The van der Waals surface area contributed by atoms with Gasteiger partial charge in [0.1, 0.15) is 5.75 Å². The number of ether oxygens (including phenoxy) is 1. The van der Waals surface area contributed by atoms with Crippen LogP contribution >= 0.6 is 0 Å². The highest BCUT2D eigenvalue weighted by Crippen LogP contribution is 2.17. The monoisotopic (exact) mass is 318 g/mol. The molecule has 1 atom stereocenters. The summed E-state index contributed by atoms with van der Waals surface area (Å²) in [5.41, 5.74) is 1.02. The van der Waals surface area contributed by atoms with Gasteiger partial charge in [0.05, 0.1) is 13.5 Å². The summed E-state index contributed by atoms with van der Waals surface area (Å²) in [5.74, 6) is 1.57. The second-order valence-electron chi connectivity index (χ2n) is 6.86. The molecule has 1 aromatic carbocycles. The molecule has 1 N–H and O–H groups in total. The Morgan fingerprint density at radius 3 is 2.43 bits per heavy atom. The average Bonchev–Trinajstić information content (AvgIpc) is 3.06. The van der Waals surface area contributed by atoms with Gasteiger partial charge in [-0.15, -0.1) is 0 Å². The minimum Gasteiger partial charge on any atom is -0.497 e. The molecule has 1 unspecified atom stereocenters. The largest absolute Gasteiger partial charge is 0.497 e. The second-order valence-corrected chi connectivity index (χ2v) is 6.86. The van der Waals surface area contributed by atoms with E-state index < -0.39 is 0 Å². The first-order valence-electron chi connectivity index (χ1n) is 8.72. The molecule has 1 aliphatic heterocycles. The van der Waals surface area contributed by atoms with Gasteiger partial charge in [-0.2, -0.15) is 0 Å². The lowest BCUT2D eigenvalue weighted by Gasteiger charge is -2.29. The highest BCUT2D eigenvalue weighted by Gasteiger charge is 2.23. The number of benzene rings is 1. The number of nitrogens with one attached hydrogen (secondary N) is 1. The lowest BCUT2D eigenvalue weighted by atomic mass is 10.0. The molecule has 1 aliphatic rings. The van der Waals surface area contributed by atoms with Crippen molar-refractivity contribution in [2.45, 2.75) is 45.6 Å². The average molecular weight is 318 g/mol. The van der Waals surface area contributed by atoms with Crippen LogP contribution in [0.25, 0.3) is 0 Å². The molecule has 0 radical (unpaired) electrons. The summed E-state index contributed by atoms with van der Waals surface area (Å²) in [7, 11) is 1.65. The van der Waals surface area contributed by atoms with Gasteiger partial charge >= 0.3 is 0 Å². The van der Waals surface area contributed by atoms with E-state index in [1.54, 1.807) is 7.11 Å². The Bertz CT molecular complexity index is 479. The van der Waals surface area contributed by atoms with E-state index in [1.807, 2.05) is 24.3 Å². The smallest absolute Gasteiger partial charge is 0.224 e. The Morgan fingerprint density at radius 2 is 1.87 bits per heavy atom. The molecule has 1 amide bonds. The number of methoxy groups -OCH3 is 1. The van der Waals surface area contributed by atoms with E-state index in [9.17, 15) is 4.79 Å². The Kier molecular flexibility index (Phi) is 6.90. The van der Waals surface area contributed by atoms with Crippen LogP contribution in [-0.2, 0) is 11.2 Å². The van der Waals surface area contributed by atoms with Crippen molar-refractivity contribution in [3.63, 3.8) is 0 Å². The number of likely N-dealkylation sites (tertiary alicyclic amines) is 1. The maximum absolute atomic E-state index is 12.2. The standard InChI is InChI=1S/C19H30N2O2/c1-15(2)12-17(21-10-4-5-11-21)14-20-19(22)13-16-6-8-18(23-3)9-7-16/h6-9,15,17H,4-5,10-14H2,1-3H3,(H,20,22). The molecule has 128 valence electrons. The fraction of sp³-hybridized carbons (Fsp3) is 0.632. The Hall–Kier alpha value is -1.55. The van der Waals surface area contributed by atoms with Gasteiger partial charge in [-0.3, -0.25) is 9.69 Å². The summed E-state index contributed by atoms with van der Waals surface area (Å²) in [5, 5.41) is 3.13. The van der Waals surface area contributed by atoms with Crippen molar-refractivity contribution in [1.82, 2.24) is 10.2 Å². The summed E-state index contributed by atoms with van der Waals surface area (Å²) < 4.78 is 5.14. The van der Waals surface area contributed by atoms with Gasteiger partial charge in [0.25, 0.3) is 0 Å². The normalized spacial score (nSPS) is 16.5. The van der Waals surface area contributed by atoms with Crippen molar-refractivity contribution in [3.8, 4) is 5.75 Å². The van der Waals surface area contributed by atoms with Crippen molar-refractivity contribution in [3.05, 3.63) is 29.8 Å². The fourth-order valence-corrected chi connectivity index (χ4v) is 3.24. The number of hydrogen-bond donors (Lipinski definition) is 1. The molecular weight excluding hydrogens is 288 g/mol. The first-order chi connectivity index (χ1) is 11.1. The zero-order valence-electron chi connectivity index (χ0n) is 14.7. The topological polar surface area (TPSA) is 41.6 Å². The van der Waals surface area contributed by atoms with Gasteiger partial charge in [-0.1, -0.05) is 26.0 Å². The predicted octanol–water partition coefficient (Wildman–Crippen LogP) is 2.86. The molecule has 2 rings (SSSR count). The van der Waals surface area contributed by atoms with Gasteiger partial charge < -0.3 is 10.1 Å². The van der Waals surface area contributed by atoms with E-state index in [4.69, 9.17) is 4.74 Å². The van der Waals surface area contributed by atoms with E-state index in [-0.39, 0.29) is 5.91 Å².